The van der Waals surface area contributed by atoms with E-state index in [2.05, 4.69) is 0 Å². The monoisotopic (exact) mass is 232 g/mol. The molecule has 0 saturated carbocycles. The summed E-state index contributed by atoms with van der Waals surface area (Å²) in [6, 6.07) is 7.81. The number of hydrogen-bond donors (Lipinski definition) is 0. The molecule has 1 aromatic rings. The van der Waals surface area contributed by atoms with Gasteiger partial charge < -0.3 is 9.69 Å². The van der Waals surface area contributed by atoms with Crippen molar-refractivity contribution in [1.29, 1.82) is 0 Å². The number of anilines is 1. The summed E-state index contributed by atoms with van der Waals surface area (Å²) in [7, 11) is 1.80. The zero-order chi connectivity index (χ0) is 12.3. The number of carbonyl (C=O) groups excluding carboxylic acids is 2. The van der Waals surface area contributed by atoms with Gasteiger partial charge in [0.2, 0.25) is 0 Å². The van der Waals surface area contributed by atoms with Crippen molar-refractivity contribution in [2.75, 3.05) is 25.0 Å². The second kappa shape index (κ2) is 4.99. The lowest BCUT2D eigenvalue weighted by Gasteiger charge is -2.19. The Bertz CT molecular complexity index is 431. The number of amides is 2. The molecule has 4 heteroatoms. The summed E-state index contributed by atoms with van der Waals surface area (Å²) in [5.41, 5.74) is 1.99. The smallest absolute Gasteiger partial charge is 0.324 e. The van der Waals surface area contributed by atoms with Gasteiger partial charge in [0.15, 0.2) is 0 Å². The molecule has 0 unspecified atom stereocenters. The topological polar surface area (TPSA) is 40.6 Å². The zero-order valence-corrected chi connectivity index (χ0v) is 9.93. The molecule has 1 saturated heterocycles. The molecule has 0 radical (unpaired) electrons. The van der Waals surface area contributed by atoms with E-state index in [9.17, 15) is 9.59 Å². The summed E-state index contributed by atoms with van der Waals surface area (Å²) in [4.78, 5) is 25.8. The van der Waals surface area contributed by atoms with Crippen molar-refractivity contribution in [1.82, 2.24) is 4.90 Å². The highest BCUT2D eigenvalue weighted by atomic mass is 16.2. The summed E-state index contributed by atoms with van der Waals surface area (Å²) in [6.45, 7) is 1.47. The summed E-state index contributed by atoms with van der Waals surface area (Å²) < 4.78 is 0. The van der Waals surface area contributed by atoms with Crippen LogP contribution in [-0.2, 0) is 11.2 Å². The van der Waals surface area contributed by atoms with E-state index in [0.29, 0.717) is 19.4 Å². The third kappa shape index (κ3) is 2.30. The molecule has 1 aliphatic heterocycles. The molecule has 1 aromatic carbocycles. The maximum absolute atomic E-state index is 11.9. The minimum Gasteiger partial charge on any atom is -0.326 e. The fourth-order valence-electron chi connectivity index (χ4n) is 2.07. The van der Waals surface area contributed by atoms with E-state index in [0.717, 1.165) is 24.1 Å². The minimum atomic E-state index is 0.0311. The summed E-state index contributed by atoms with van der Waals surface area (Å²) in [5.74, 6) is 0. The first-order valence-electron chi connectivity index (χ1n) is 5.78. The molecule has 0 aromatic heterocycles. The number of likely N-dealkylation sites (N-methyl/N-ethyl adjacent to an activating group) is 1. The summed E-state index contributed by atoms with van der Waals surface area (Å²) >= 11 is 0. The minimum absolute atomic E-state index is 0.0311. The van der Waals surface area contributed by atoms with Crippen LogP contribution in [0.2, 0.25) is 0 Å². The SMILES string of the molecule is CN1CCN(c2ccccc2CCC=O)C1=O. The lowest BCUT2D eigenvalue weighted by Crippen LogP contribution is -2.29. The van der Waals surface area contributed by atoms with E-state index >= 15 is 0 Å². The van der Waals surface area contributed by atoms with E-state index in [1.165, 1.54) is 0 Å². The van der Waals surface area contributed by atoms with Gasteiger partial charge in [0.1, 0.15) is 6.29 Å². The molecule has 90 valence electrons. The Kier molecular flexibility index (Phi) is 3.42. The predicted molar refractivity (Wildman–Crippen MR) is 66.2 cm³/mol. The molecule has 2 amide bonds. The van der Waals surface area contributed by atoms with Crippen LogP contribution in [0.15, 0.2) is 24.3 Å². The molecule has 17 heavy (non-hydrogen) atoms. The van der Waals surface area contributed by atoms with Gasteiger partial charge in [-0.3, -0.25) is 4.90 Å². The number of hydrogen-bond acceptors (Lipinski definition) is 2. The van der Waals surface area contributed by atoms with E-state index < -0.39 is 0 Å². The van der Waals surface area contributed by atoms with Gasteiger partial charge in [0.05, 0.1) is 0 Å². The third-order valence-electron chi connectivity index (χ3n) is 3.03. The molecule has 0 N–H and O–H groups in total. The molecule has 0 spiro atoms. The van der Waals surface area contributed by atoms with Crippen LogP contribution in [0, 0.1) is 0 Å². The van der Waals surface area contributed by atoms with Crippen molar-refractivity contribution in [2.45, 2.75) is 12.8 Å². The first-order valence-corrected chi connectivity index (χ1v) is 5.78. The molecule has 0 bridgehead atoms. The van der Waals surface area contributed by atoms with Crippen LogP contribution in [0.1, 0.15) is 12.0 Å². The molecule has 2 rings (SSSR count). The van der Waals surface area contributed by atoms with Crippen LogP contribution in [-0.4, -0.2) is 37.4 Å². The second-order valence-corrected chi connectivity index (χ2v) is 4.19. The van der Waals surface area contributed by atoms with Gasteiger partial charge in [0, 0.05) is 32.2 Å². The van der Waals surface area contributed by atoms with E-state index in [-0.39, 0.29) is 6.03 Å². The van der Waals surface area contributed by atoms with Crippen molar-refractivity contribution in [3.05, 3.63) is 29.8 Å². The molecule has 4 nitrogen and oxygen atoms in total. The van der Waals surface area contributed by atoms with Crippen molar-refractivity contribution in [2.24, 2.45) is 0 Å². The number of benzene rings is 1. The van der Waals surface area contributed by atoms with Crippen LogP contribution < -0.4 is 4.90 Å². The van der Waals surface area contributed by atoms with Crippen molar-refractivity contribution in [3.8, 4) is 0 Å². The Hall–Kier alpha value is -1.84. The van der Waals surface area contributed by atoms with Gasteiger partial charge >= 0.3 is 6.03 Å². The summed E-state index contributed by atoms with van der Waals surface area (Å²) in [5, 5.41) is 0. The Balaban J connectivity index is 2.25. The largest absolute Gasteiger partial charge is 0.326 e. The van der Waals surface area contributed by atoms with Crippen molar-refractivity contribution in [3.63, 3.8) is 0 Å². The van der Waals surface area contributed by atoms with Gasteiger partial charge in [-0.1, -0.05) is 18.2 Å². The van der Waals surface area contributed by atoms with Crippen molar-refractivity contribution >= 4 is 18.0 Å². The molecule has 1 aliphatic rings. The molecule has 0 aliphatic carbocycles. The average Bonchev–Trinajstić information content (AvgIpc) is 2.68. The fourth-order valence-corrected chi connectivity index (χ4v) is 2.07. The Morgan fingerprint density at radius 1 is 1.29 bits per heavy atom. The first-order chi connectivity index (χ1) is 8.24. The van der Waals surface area contributed by atoms with Gasteiger partial charge in [-0.05, 0) is 18.1 Å². The van der Waals surface area contributed by atoms with Crippen LogP contribution in [0.25, 0.3) is 0 Å². The predicted octanol–water partition coefficient (Wildman–Crippen LogP) is 1.69. The van der Waals surface area contributed by atoms with Crippen molar-refractivity contribution < 1.29 is 9.59 Å². The Morgan fingerprint density at radius 3 is 2.71 bits per heavy atom. The van der Waals surface area contributed by atoms with Gasteiger partial charge in [-0.2, -0.15) is 0 Å². The van der Waals surface area contributed by atoms with Gasteiger partial charge in [-0.25, -0.2) is 4.79 Å². The van der Waals surface area contributed by atoms with E-state index in [4.69, 9.17) is 0 Å². The number of para-hydroxylation sites is 1. The standard InChI is InChI=1S/C13H16N2O2/c1-14-8-9-15(13(14)17)12-7-3-2-5-11(12)6-4-10-16/h2-3,5,7,10H,4,6,8-9H2,1H3. The quantitative estimate of drug-likeness (QED) is 0.741. The van der Waals surface area contributed by atoms with Crippen LogP contribution in [0.4, 0.5) is 10.5 Å². The molecule has 1 heterocycles. The first kappa shape index (κ1) is 11.6. The second-order valence-electron chi connectivity index (χ2n) is 4.19. The highest BCUT2D eigenvalue weighted by molar-refractivity contribution is 5.94. The molecule has 0 atom stereocenters. The van der Waals surface area contributed by atoms with Gasteiger partial charge in [0.25, 0.3) is 0 Å². The lowest BCUT2D eigenvalue weighted by atomic mass is 10.1. The van der Waals surface area contributed by atoms with E-state index in [1.807, 2.05) is 24.3 Å². The lowest BCUT2D eigenvalue weighted by molar-refractivity contribution is -0.107. The Morgan fingerprint density at radius 2 is 2.06 bits per heavy atom. The number of rotatable bonds is 4. The van der Waals surface area contributed by atoms with Crippen LogP contribution in [0.5, 0.6) is 0 Å². The number of nitrogens with zero attached hydrogens (tertiary/aromatic N) is 2. The highest BCUT2D eigenvalue weighted by Crippen LogP contribution is 2.24. The molecular formula is C13H16N2O2. The average molecular weight is 232 g/mol. The van der Waals surface area contributed by atoms with E-state index in [1.54, 1.807) is 16.8 Å². The molecular weight excluding hydrogens is 216 g/mol. The highest BCUT2D eigenvalue weighted by Gasteiger charge is 2.27. The van der Waals surface area contributed by atoms with Gasteiger partial charge in [-0.15, -0.1) is 0 Å². The normalized spacial score (nSPS) is 15.5. The molecule has 1 fully saturated rings. The maximum atomic E-state index is 11.9. The number of aldehydes is 1. The number of carbonyl (C=O) groups is 2. The van der Waals surface area contributed by atoms with Crippen LogP contribution >= 0.6 is 0 Å². The third-order valence-corrected chi connectivity index (χ3v) is 3.03. The number of aryl methyl sites for hydroxylation is 1. The number of urea groups is 1. The maximum Gasteiger partial charge on any atom is 0.324 e. The Labute approximate surface area is 101 Å². The zero-order valence-electron chi connectivity index (χ0n) is 9.93. The summed E-state index contributed by atoms with van der Waals surface area (Å²) in [6.07, 6.45) is 2.09. The van der Waals surface area contributed by atoms with Crippen LogP contribution in [0.3, 0.4) is 0 Å². The fraction of sp³-hybridized carbons (Fsp3) is 0.385.